The van der Waals surface area contributed by atoms with Crippen LogP contribution in [0.4, 0.5) is 15.4 Å². The first-order valence-electron chi connectivity index (χ1n) is 19.7. The molecule has 0 bridgehead atoms. The van der Waals surface area contributed by atoms with Crippen molar-refractivity contribution in [2.45, 2.75) is 117 Å². The number of para-hydroxylation sites is 1. The number of nitrogens with two attached hydrogens (primary N) is 1. The molecule has 0 aliphatic carbocycles. The fraction of sp³-hybridized carbons (Fsp3) is 0.488. The molecule has 2 aromatic heterocycles. The van der Waals surface area contributed by atoms with Crippen molar-refractivity contribution >= 4 is 34.9 Å². The number of ether oxygens (including phenoxy) is 3. The summed E-state index contributed by atoms with van der Waals surface area (Å²) in [5.41, 5.74) is 7.17. The third-order valence-corrected chi connectivity index (χ3v) is 9.17. The molecule has 0 unspecified atom stereocenters. The van der Waals surface area contributed by atoms with Crippen LogP contribution in [0.5, 0.6) is 11.5 Å². The normalized spacial score (nSPS) is 14.9. The van der Waals surface area contributed by atoms with Gasteiger partial charge in [-0.15, -0.1) is 0 Å². The molecule has 1 aliphatic rings. The lowest BCUT2D eigenvalue weighted by Gasteiger charge is -2.32. The van der Waals surface area contributed by atoms with Gasteiger partial charge in [-0.3, -0.25) is 4.79 Å². The van der Waals surface area contributed by atoms with Gasteiger partial charge in [-0.05, 0) is 116 Å². The van der Waals surface area contributed by atoms with E-state index >= 15 is 0 Å². The topological polar surface area (TPSA) is 155 Å². The molecule has 1 aliphatic heterocycles. The number of allylic oxidation sites excluding steroid dienone is 1. The first kappa shape index (κ1) is 41.7. The van der Waals surface area contributed by atoms with Crippen molar-refractivity contribution in [1.29, 1.82) is 0 Å². The van der Waals surface area contributed by atoms with Gasteiger partial charge in [0.2, 0.25) is 5.91 Å². The zero-order valence-corrected chi connectivity index (χ0v) is 33.7. The molecule has 2 N–H and O–H groups in total. The standard InChI is InChI=1S/C43H57N7O6/c1-42(2,3)55-40(52)49(41(53)56-43(4,5)6)28-17-12-10-8-7-9-11-16-22-35(51)48-27-18-19-32(29-48)50-39-36(38(44)45-30-46-39)37(47-50)31-23-25-34(26-24-31)54-33-20-14-13-15-21-33/h13-16,20-26,30,32H,7-12,17-19,27-29H2,1-6H3,(H2,44,45,46)/b22-16+/t32-/m1/s1. The molecule has 4 aromatic rings. The maximum atomic E-state index is 13.3. The van der Waals surface area contributed by atoms with Crippen LogP contribution in [0.15, 0.2) is 73.1 Å². The third-order valence-electron chi connectivity index (χ3n) is 9.17. The Hall–Kier alpha value is -5.46. The monoisotopic (exact) mass is 767 g/mol. The number of piperidine rings is 1. The molecule has 13 heteroatoms. The van der Waals surface area contributed by atoms with Crippen molar-refractivity contribution < 1.29 is 28.6 Å². The van der Waals surface area contributed by atoms with E-state index in [1.54, 1.807) is 47.6 Å². The molecule has 300 valence electrons. The number of aromatic nitrogens is 4. The molecule has 1 atom stereocenters. The highest BCUT2D eigenvalue weighted by molar-refractivity contribution is 5.98. The molecule has 0 spiro atoms. The van der Waals surface area contributed by atoms with E-state index in [0.29, 0.717) is 47.8 Å². The minimum absolute atomic E-state index is 0.00550. The number of hydrogen-bond acceptors (Lipinski definition) is 10. The quantitative estimate of drug-likeness (QED) is 0.0969. The van der Waals surface area contributed by atoms with Crippen molar-refractivity contribution in [1.82, 2.24) is 29.5 Å². The van der Waals surface area contributed by atoms with E-state index < -0.39 is 23.4 Å². The number of amides is 3. The number of imide groups is 1. The number of rotatable bonds is 14. The Bertz CT molecular complexity index is 1920. The maximum Gasteiger partial charge on any atom is 0.419 e. The highest BCUT2D eigenvalue weighted by Crippen LogP contribution is 2.35. The van der Waals surface area contributed by atoms with Gasteiger partial charge in [-0.1, -0.05) is 50.0 Å². The highest BCUT2D eigenvalue weighted by Gasteiger charge is 2.31. The average Bonchev–Trinajstić information content (AvgIpc) is 3.54. The van der Waals surface area contributed by atoms with E-state index in [1.165, 1.54) is 6.33 Å². The Morgan fingerprint density at radius 3 is 2.12 bits per heavy atom. The minimum Gasteiger partial charge on any atom is -0.457 e. The molecule has 56 heavy (non-hydrogen) atoms. The number of likely N-dealkylation sites (tertiary alicyclic amines) is 1. The van der Waals surface area contributed by atoms with E-state index in [-0.39, 0.29) is 18.5 Å². The van der Waals surface area contributed by atoms with E-state index in [2.05, 4.69) is 9.97 Å². The maximum absolute atomic E-state index is 13.3. The van der Waals surface area contributed by atoms with Crippen molar-refractivity contribution in [2.24, 2.45) is 0 Å². The van der Waals surface area contributed by atoms with Crippen LogP contribution in [-0.4, -0.2) is 78.5 Å². The number of unbranched alkanes of at least 4 members (excludes halogenated alkanes) is 6. The Morgan fingerprint density at radius 1 is 0.839 bits per heavy atom. The van der Waals surface area contributed by atoms with E-state index in [0.717, 1.165) is 67.6 Å². The summed E-state index contributed by atoms with van der Waals surface area (Å²) in [4.78, 5) is 50.5. The van der Waals surface area contributed by atoms with Gasteiger partial charge in [0.15, 0.2) is 5.65 Å². The molecule has 0 radical (unpaired) electrons. The summed E-state index contributed by atoms with van der Waals surface area (Å²) >= 11 is 0. The summed E-state index contributed by atoms with van der Waals surface area (Å²) in [6, 6.07) is 17.3. The van der Waals surface area contributed by atoms with Gasteiger partial charge in [-0.25, -0.2) is 29.1 Å². The summed E-state index contributed by atoms with van der Waals surface area (Å²) in [6.45, 7) is 12.1. The van der Waals surface area contributed by atoms with E-state index in [1.807, 2.05) is 70.3 Å². The number of carbonyl (C=O) groups is 3. The third kappa shape index (κ3) is 12.0. The predicted molar refractivity (Wildman–Crippen MR) is 217 cm³/mol. The molecular formula is C43H57N7O6. The lowest BCUT2D eigenvalue weighted by atomic mass is 10.1. The Kier molecular flexibility index (Phi) is 14.1. The van der Waals surface area contributed by atoms with Crippen LogP contribution in [0.1, 0.15) is 105 Å². The summed E-state index contributed by atoms with van der Waals surface area (Å²) in [6.07, 6.45) is 11.8. The van der Waals surface area contributed by atoms with E-state index in [9.17, 15) is 14.4 Å². The van der Waals surface area contributed by atoms with Crippen molar-refractivity contribution in [2.75, 3.05) is 25.4 Å². The fourth-order valence-corrected chi connectivity index (χ4v) is 6.53. The number of nitrogens with zero attached hydrogens (tertiary/aromatic N) is 6. The van der Waals surface area contributed by atoms with Crippen molar-refractivity contribution in [3.8, 4) is 22.8 Å². The van der Waals surface area contributed by atoms with Crippen LogP contribution < -0.4 is 10.5 Å². The minimum atomic E-state index is -0.716. The van der Waals surface area contributed by atoms with E-state index in [4.69, 9.17) is 25.0 Å². The van der Waals surface area contributed by atoms with Crippen LogP contribution in [0, 0.1) is 0 Å². The Balaban J connectivity index is 1.08. The van der Waals surface area contributed by atoms with Gasteiger partial charge in [0, 0.05) is 25.2 Å². The molecular weight excluding hydrogens is 711 g/mol. The Labute approximate surface area is 330 Å². The first-order valence-corrected chi connectivity index (χ1v) is 19.7. The van der Waals surface area contributed by atoms with Crippen molar-refractivity contribution in [3.05, 3.63) is 73.1 Å². The predicted octanol–water partition coefficient (Wildman–Crippen LogP) is 9.49. The van der Waals surface area contributed by atoms with Gasteiger partial charge in [-0.2, -0.15) is 5.10 Å². The average molecular weight is 768 g/mol. The molecule has 3 heterocycles. The van der Waals surface area contributed by atoms with Gasteiger partial charge < -0.3 is 24.8 Å². The lowest BCUT2D eigenvalue weighted by molar-refractivity contribution is -0.127. The summed E-state index contributed by atoms with van der Waals surface area (Å²) in [7, 11) is 0. The van der Waals surface area contributed by atoms with Gasteiger partial charge in [0.1, 0.15) is 40.5 Å². The fourth-order valence-electron chi connectivity index (χ4n) is 6.53. The number of nitrogen functional groups attached to an aromatic ring is 1. The summed E-state index contributed by atoms with van der Waals surface area (Å²) in [5.74, 6) is 1.82. The van der Waals surface area contributed by atoms with Crippen molar-refractivity contribution in [3.63, 3.8) is 0 Å². The van der Waals surface area contributed by atoms with Crippen LogP contribution >= 0.6 is 0 Å². The molecule has 3 amide bonds. The number of anilines is 1. The molecule has 5 rings (SSSR count). The van der Waals surface area contributed by atoms with Gasteiger partial charge in [0.25, 0.3) is 0 Å². The first-order chi connectivity index (χ1) is 26.7. The van der Waals surface area contributed by atoms with Crippen LogP contribution in [0.3, 0.4) is 0 Å². The summed E-state index contributed by atoms with van der Waals surface area (Å²) < 4.78 is 18.8. The molecule has 1 fully saturated rings. The SMILES string of the molecule is CC(C)(C)OC(=O)N(CCCCCCCC/C=C/C(=O)N1CCC[C@@H](n2nc(-c3ccc(Oc4ccccc4)cc3)c3c(N)ncnc32)C1)C(=O)OC(C)(C)C. The van der Waals surface area contributed by atoms with Crippen LogP contribution in [-0.2, 0) is 14.3 Å². The molecule has 1 saturated heterocycles. The second-order valence-corrected chi connectivity index (χ2v) is 16.2. The lowest BCUT2D eigenvalue weighted by Crippen LogP contribution is -2.44. The zero-order chi connectivity index (χ0) is 40.3. The number of fused-ring (bicyclic) bond motifs is 1. The highest BCUT2D eigenvalue weighted by atomic mass is 16.6. The van der Waals surface area contributed by atoms with Gasteiger partial charge in [0.05, 0.1) is 11.4 Å². The van der Waals surface area contributed by atoms with Gasteiger partial charge >= 0.3 is 12.2 Å². The smallest absolute Gasteiger partial charge is 0.419 e. The molecule has 13 nitrogen and oxygen atoms in total. The number of hydrogen-bond donors (Lipinski definition) is 1. The van der Waals surface area contributed by atoms with Crippen LogP contribution in [0.25, 0.3) is 22.3 Å². The largest absolute Gasteiger partial charge is 0.457 e. The second-order valence-electron chi connectivity index (χ2n) is 16.2. The molecule has 2 aromatic carbocycles. The molecule has 0 saturated carbocycles. The zero-order valence-electron chi connectivity index (χ0n) is 33.7. The number of benzene rings is 2. The number of carbonyl (C=O) groups excluding carboxylic acids is 3. The summed E-state index contributed by atoms with van der Waals surface area (Å²) in [5, 5.41) is 5.71. The Morgan fingerprint density at radius 2 is 1.46 bits per heavy atom. The second kappa shape index (κ2) is 18.9. The van der Waals surface area contributed by atoms with Crippen LogP contribution in [0.2, 0.25) is 0 Å².